The van der Waals surface area contributed by atoms with Crippen molar-refractivity contribution in [3.05, 3.63) is 0 Å². The lowest BCUT2D eigenvalue weighted by Gasteiger charge is -1.00. The van der Waals surface area contributed by atoms with E-state index in [0.717, 1.165) is 0 Å². The van der Waals surface area contributed by atoms with Crippen LogP contribution in [-0.4, -0.2) is 0 Å². The first-order valence-corrected chi connectivity index (χ1v) is 0. The van der Waals surface area contributed by atoms with Gasteiger partial charge in [0.25, 0.3) is 0 Å². The van der Waals surface area contributed by atoms with Crippen molar-refractivity contribution in [2.75, 3.05) is 0 Å². The molecule has 0 aromatic rings. The minimum atomic E-state index is 0. The molecular weight excluding hydrogens is 198 g/mol. The Morgan fingerprint density at radius 1 is 0.600 bits per heavy atom. The summed E-state index contributed by atoms with van der Waals surface area (Å²) >= 11 is 0. The maximum Gasteiger partial charge on any atom is -0.0776 e. The zero-order chi connectivity index (χ0) is 0. The summed E-state index contributed by atoms with van der Waals surface area (Å²) in [6.45, 7) is 0. The second-order valence-electron chi connectivity index (χ2n) is 0. The van der Waals surface area contributed by atoms with Crippen LogP contribution < -0.4 is 37.2 Å². The van der Waals surface area contributed by atoms with Crippen LogP contribution in [0.5, 0.6) is 0 Å². The molecule has 0 nitrogen and oxygen atoms in total. The average molecular weight is 203 g/mol. The van der Waals surface area contributed by atoms with Gasteiger partial charge in [0.2, 0.25) is 0 Å². The number of hydrogen-bond acceptors (Lipinski definition) is 0. The molecule has 0 saturated heterocycles. The molecule has 0 bridgehead atoms. The number of halogens is 4. The van der Waals surface area contributed by atoms with E-state index in [4.69, 9.17) is 0 Å². The molecule has 0 unspecified atom stereocenters. The van der Waals surface area contributed by atoms with Crippen LogP contribution in [-0.2, 0) is 0 Å². The molecule has 0 aliphatic carbocycles. The van der Waals surface area contributed by atoms with Gasteiger partial charge in [0.1, 0.15) is 0 Å². The Labute approximate surface area is 61.7 Å². The van der Waals surface area contributed by atoms with Crippen molar-refractivity contribution in [2.24, 2.45) is 0 Å². The fraction of sp³-hybridized carbons (Fsp3) is 1.00. The second kappa shape index (κ2) is 55.5. The summed E-state index contributed by atoms with van der Waals surface area (Å²) in [6, 6.07) is 0. The molecule has 0 spiro atoms. The second-order valence-corrected chi connectivity index (χ2v) is 0. The van der Waals surface area contributed by atoms with Gasteiger partial charge in [-0.3, -0.25) is 0 Å². The highest BCUT2D eigenvalue weighted by Gasteiger charge is -0.0775. The molecule has 0 aromatic carbocycles. The molecule has 0 fully saturated rings. The van der Waals surface area contributed by atoms with E-state index in [2.05, 4.69) is 0 Å². The largest absolute Gasteiger partial charge is 1.00 e. The third-order valence-electron chi connectivity index (χ3n) is 0. The maximum absolute atomic E-state index is 0. The van der Waals surface area contributed by atoms with Crippen LogP contribution in [0, 0.1) is 0 Å². The molecule has 0 rings (SSSR count). The maximum atomic E-state index is 0. The van der Waals surface area contributed by atoms with Gasteiger partial charge in [0.15, 0.2) is 0 Å². The molecule has 5 heavy (non-hydrogen) atoms. The Morgan fingerprint density at radius 3 is 0.600 bits per heavy atom. The van der Waals surface area contributed by atoms with E-state index < -0.39 is 0 Å². The Balaban J connectivity index is 0. The van der Waals surface area contributed by atoms with Crippen molar-refractivity contribution in [3.8, 4) is 0 Å². The fourth-order valence-electron chi connectivity index (χ4n) is 0. The molecule has 0 amide bonds. The Hall–Kier alpha value is 1.35. The lowest BCUT2D eigenvalue weighted by Crippen LogP contribution is -3.00. The first kappa shape index (κ1) is 99.7. The van der Waals surface area contributed by atoms with E-state index in [1.165, 1.54) is 0 Å². The lowest BCUT2D eigenvalue weighted by molar-refractivity contribution is -0.00100. The Kier molecular flexibility index (Phi) is 1110. The van der Waals surface area contributed by atoms with Crippen LogP contribution in [0.4, 0.5) is 0 Å². The van der Waals surface area contributed by atoms with E-state index in [1.54, 1.807) is 0 Å². The van der Waals surface area contributed by atoms with Crippen molar-refractivity contribution in [1.82, 2.24) is 0 Å². The van der Waals surface area contributed by atoms with Gasteiger partial charge in [0.05, 0.1) is 0 Å². The normalized spacial score (nSPS) is 0. The molecule has 40 valence electrons. The topological polar surface area (TPSA) is 0 Å². The fourth-order valence-corrected chi connectivity index (χ4v) is 0. The molecule has 4 heteroatoms. The summed E-state index contributed by atoms with van der Waals surface area (Å²) in [5, 5.41) is 0. The van der Waals surface area contributed by atoms with E-state index in [9.17, 15) is 0 Å². The summed E-state index contributed by atoms with van der Waals surface area (Å²) < 4.78 is 0. The van der Waals surface area contributed by atoms with E-state index in [-0.39, 0.29) is 61.6 Å². The predicted molar refractivity (Wildman–Crippen MR) is 17.1 cm³/mol. The van der Waals surface area contributed by atoms with Gasteiger partial charge in [-0.2, -0.15) is 0 Å². The van der Waals surface area contributed by atoms with Crippen LogP contribution >= 0.6 is 17.0 Å². The first-order chi connectivity index (χ1) is 0. The monoisotopic (exact) mass is 201 g/mol. The Bertz CT molecular complexity index is 6.85. The molecule has 0 heterocycles. The quantitative estimate of drug-likeness (QED) is 0.367. The number of rotatable bonds is 0. The third kappa shape index (κ3) is 32.9. The van der Waals surface area contributed by atoms with Gasteiger partial charge in [-0.1, -0.05) is 7.43 Å². The zero-order valence-corrected chi connectivity index (χ0v) is 5.52. The van der Waals surface area contributed by atoms with E-state index in [0.29, 0.717) is 0 Å². The highest BCUT2D eigenvalue weighted by molar-refractivity contribution is 8.93. The first-order valence-electron chi connectivity index (χ1n) is 0. The molecule has 0 aromatic heterocycles. The van der Waals surface area contributed by atoms with Crippen LogP contribution in [0.1, 0.15) is 7.43 Å². The van der Waals surface area contributed by atoms with Gasteiger partial charge >= 0.3 is 0 Å². The summed E-state index contributed by atoms with van der Waals surface area (Å²) in [7, 11) is 0. The lowest BCUT2D eigenvalue weighted by atomic mass is 12.0. The number of hydrogen-bond donors (Lipinski definition) is 0. The van der Waals surface area contributed by atoms with Crippen molar-refractivity contribution in [2.45, 2.75) is 7.43 Å². The zero-order valence-electron chi connectivity index (χ0n) is 1.54. The van der Waals surface area contributed by atoms with Gasteiger partial charge in [-0.15, -0.1) is 17.0 Å². The predicted octanol–water partition coefficient (Wildman–Crippen LogP) is -7.77. The average Bonchev–Trinajstić information content (AvgIpc) is 0. The van der Waals surface area contributed by atoms with Gasteiger partial charge in [-0.25, -0.2) is 0 Å². The van der Waals surface area contributed by atoms with Crippen LogP contribution in [0.3, 0.4) is 0 Å². The summed E-state index contributed by atoms with van der Waals surface area (Å²) in [6.07, 6.45) is 0. The van der Waals surface area contributed by atoms with Crippen LogP contribution in [0.15, 0.2) is 0 Å². The van der Waals surface area contributed by atoms with Gasteiger partial charge < -0.3 is 37.2 Å². The summed E-state index contributed by atoms with van der Waals surface area (Å²) in [4.78, 5) is 0. The van der Waals surface area contributed by atoms with Gasteiger partial charge in [-0.05, 0) is 0 Å². The molecule has 0 atom stereocenters. The van der Waals surface area contributed by atoms with Crippen LogP contribution in [0.25, 0.3) is 0 Å². The summed E-state index contributed by atoms with van der Waals surface area (Å²) in [5.74, 6) is 0. The van der Waals surface area contributed by atoms with Crippen molar-refractivity contribution in [3.63, 3.8) is 0 Å². The Morgan fingerprint density at radius 2 is 0.600 bits per heavy atom. The smallest absolute Gasteiger partial charge is 0.0776 e. The molecule has 0 N–H and O–H groups in total. The third-order valence-corrected chi connectivity index (χ3v) is 0. The van der Waals surface area contributed by atoms with E-state index in [1.807, 2.05) is 0 Å². The minimum Gasteiger partial charge on any atom is -1.00 e. The van der Waals surface area contributed by atoms with Gasteiger partial charge in [0, 0.05) is 0 Å². The molecule has 0 radical (unpaired) electrons. The van der Waals surface area contributed by atoms with Crippen LogP contribution in [0.2, 0.25) is 0 Å². The molecule has 0 aliphatic rings. The van der Waals surface area contributed by atoms with E-state index >= 15 is 0 Å². The SMILES string of the molecule is Br.C.[Cl-].[Cl-].[Cl-]. The standard InChI is InChI=1S/CH4.BrH.3ClH/h1H4;4*1H/p-3. The molecular formula is CH5BrCl3-3. The molecule has 0 saturated carbocycles. The highest BCUT2D eigenvalue weighted by atomic mass is 79.9. The summed E-state index contributed by atoms with van der Waals surface area (Å²) in [5.41, 5.74) is 0. The van der Waals surface area contributed by atoms with Crippen molar-refractivity contribution in [1.29, 1.82) is 0 Å². The van der Waals surface area contributed by atoms with Crippen molar-refractivity contribution < 1.29 is 37.2 Å². The minimum absolute atomic E-state index is 0. The molecule has 0 aliphatic heterocycles. The highest BCUT2D eigenvalue weighted by Crippen LogP contribution is 0.846. The van der Waals surface area contributed by atoms with Crippen molar-refractivity contribution >= 4 is 17.0 Å².